The van der Waals surface area contributed by atoms with Gasteiger partial charge in [-0.3, -0.25) is 4.98 Å². The van der Waals surface area contributed by atoms with Crippen LogP contribution in [0.1, 0.15) is 0 Å². The molecular weight excluding hydrogens is 113 g/mol. The fourth-order valence-corrected chi connectivity index (χ4v) is 0.626. The van der Waals surface area contributed by atoms with Gasteiger partial charge in [0, 0.05) is 0 Å². The van der Waals surface area contributed by atoms with Crippen LogP contribution in [0, 0.1) is 0 Å². The quantitative estimate of drug-likeness (QED) is 0.526. The number of aromatic hydroxyl groups is 1. The van der Waals surface area contributed by atoms with Crippen molar-refractivity contribution in [2.24, 2.45) is 0 Å². The molecule has 1 aromatic heterocycles. The molecule has 0 unspecified atom stereocenters. The Morgan fingerprint density at radius 1 is 1.56 bits per heavy atom. The first-order chi connectivity index (χ1) is 4.33. The van der Waals surface area contributed by atoms with Crippen molar-refractivity contribution in [3.63, 3.8) is 0 Å². The smallest absolute Gasteiger partial charge is 0.179 e. The van der Waals surface area contributed by atoms with Crippen LogP contribution in [0.2, 0.25) is 6.82 Å². The van der Waals surface area contributed by atoms with Crippen LogP contribution in [0.4, 0.5) is 0 Å². The summed E-state index contributed by atoms with van der Waals surface area (Å²) in [5.41, 5.74) is 1.01. The third-order valence-electron chi connectivity index (χ3n) is 1.17. The lowest BCUT2D eigenvalue weighted by atomic mass is 9.78. The second-order valence-electron chi connectivity index (χ2n) is 1.86. The molecule has 0 radical (unpaired) electrons. The largest absolute Gasteiger partial charge is 0.506 e. The van der Waals surface area contributed by atoms with E-state index in [9.17, 15) is 0 Å². The van der Waals surface area contributed by atoms with Gasteiger partial charge in [-0.15, -0.1) is 0 Å². The Kier molecular flexibility index (Phi) is 1.73. The predicted molar refractivity (Wildman–Crippen MR) is 38.5 cm³/mol. The predicted octanol–water partition coefficient (Wildman–Crippen LogP) is -0.103. The fourth-order valence-electron chi connectivity index (χ4n) is 0.626. The van der Waals surface area contributed by atoms with Gasteiger partial charge in [-0.25, -0.2) is 0 Å². The van der Waals surface area contributed by atoms with Gasteiger partial charge in [0.1, 0.15) is 5.75 Å². The molecule has 0 amide bonds. The summed E-state index contributed by atoms with van der Waals surface area (Å²) in [4.78, 5) is 3.95. The number of hydrogen-bond donors (Lipinski definition) is 1. The molecule has 0 bridgehead atoms. The third-order valence-corrected chi connectivity index (χ3v) is 1.17. The van der Waals surface area contributed by atoms with Gasteiger partial charge in [0.15, 0.2) is 7.28 Å². The Morgan fingerprint density at radius 2 is 2.33 bits per heavy atom. The molecule has 0 aliphatic heterocycles. The monoisotopic (exact) mass is 121 g/mol. The highest BCUT2D eigenvalue weighted by molar-refractivity contribution is 6.50. The lowest BCUT2D eigenvalue weighted by molar-refractivity contribution is 0.473. The highest BCUT2D eigenvalue weighted by Gasteiger charge is 1.89. The third kappa shape index (κ3) is 1.45. The lowest BCUT2D eigenvalue weighted by Crippen LogP contribution is -2.13. The van der Waals surface area contributed by atoms with Crippen molar-refractivity contribution >= 4 is 12.9 Å². The Balaban J connectivity index is 2.88. The van der Waals surface area contributed by atoms with Gasteiger partial charge < -0.3 is 5.11 Å². The van der Waals surface area contributed by atoms with Crippen LogP contribution in [-0.2, 0) is 0 Å². The number of rotatable bonds is 1. The van der Waals surface area contributed by atoms with Gasteiger partial charge in [-0.05, 0) is 17.7 Å². The molecule has 0 aliphatic rings. The normalized spacial score (nSPS) is 9.00. The van der Waals surface area contributed by atoms with E-state index in [0.717, 1.165) is 12.9 Å². The molecule has 1 N–H and O–H groups in total. The van der Waals surface area contributed by atoms with E-state index in [4.69, 9.17) is 5.11 Å². The average Bonchev–Trinajstić information content (AvgIpc) is 1.90. The van der Waals surface area contributed by atoms with E-state index in [1.807, 2.05) is 12.9 Å². The van der Waals surface area contributed by atoms with Gasteiger partial charge in [-0.2, -0.15) is 0 Å². The van der Waals surface area contributed by atoms with Crippen molar-refractivity contribution in [1.29, 1.82) is 0 Å². The summed E-state index contributed by atoms with van der Waals surface area (Å²) in [6.45, 7) is 2.03. The standard InChI is InChI=1S/C6H8BNO/c1-7-6-3-2-5(9)4-8-6/h2-4,7,9H,1H3. The highest BCUT2D eigenvalue weighted by Crippen LogP contribution is 1.99. The van der Waals surface area contributed by atoms with E-state index in [2.05, 4.69) is 4.98 Å². The van der Waals surface area contributed by atoms with Crippen molar-refractivity contribution in [1.82, 2.24) is 4.98 Å². The van der Waals surface area contributed by atoms with Crippen molar-refractivity contribution in [2.75, 3.05) is 0 Å². The van der Waals surface area contributed by atoms with Crippen LogP contribution >= 0.6 is 0 Å². The summed E-state index contributed by atoms with van der Waals surface area (Å²) in [6.07, 6.45) is 1.46. The van der Waals surface area contributed by atoms with Crippen LogP contribution in [-0.4, -0.2) is 17.4 Å². The molecule has 0 spiro atoms. The maximum atomic E-state index is 8.79. The van der Waals surface area contributed by atoms with Crippen molar-refractivity contribution in [3.8, 4) is 5.75 Å². The van der Waals surface area contributed by atoms with Gasteiger partial charge in [0.05, 0.1) is 6.20 Å². The van der Waals surface area contributed by atoms with E-state index in [0.29, 0.717) is 0 Å². The Labute approximate surface area is 54.8 Å². The Hall–Kier alpha value is -0.985. The molecular formula is C6H8BNO. The van der Waals surface area contributed by atoms with Crippen LogP contribution in [0.25, 0.3) is 0 Å². The zero-order valence-electron chi connectivity index (χ0n) is 5.33. The second kappa shape index (κ2) is 2.53. The summed E-state index contributed by atoms with van der Waals surface area (Å²) < 4.78 is 0. The first kappa shape index (κ1) is 6.14. The van der Waals surface area contributed by atoms with Crippen LogP contribution in [0.5, 0.6) is 5.75 Å². The van der Waals surface area contributed by atoms with Crippen LogP contribution in [0.3, 0.4) is 0 Å². The molecule has 3 heteroatoms. The maximum absolute atomic E-state index is 8.79. The SMILES string of the molecule is CBc1ccc(O)cn1. The topological polar surface area (TPSA) is 33.1 Å². The minimum Gasteiger partial charge on any atom is -0.506 e. The second-order valence-corrected chi connectivity index (χ2v) is 1.86. The minimum absolute atomic E-state index is 0.229. The summed E-state index contributed by atoms with van der Waals surface area (Å²) in [5, 5.41) is 8.79. The summed E-state index contributed by atoms with van der Waals surface area (Å²) >= 11 is 0. The number of aromatic nitrogens is 1. The first-order valence-corrected chi connectivity index (χ1v) is 2.97. The van der Waals surface area contributed by atoms with Gasteiger partial charge in [-0.1, -0.05) is 6.82 Å². The lowest BCUT2D eigenvalue weighted by Gasteiger charge is -1.92. The molecule has 46 valence electrons. The van der Waals surface area contributed by atoms with Crippen molar-refractivity contribution in [3.05, 3.63) is 18.3 Å². The molecule has 0 aromatic carbocycles. The molecule has 0 fully saturated rings. The maximum Gasteiger partial charge on any atom is 0.179 e. The van der Waals surface area contributed by atoms with Crippen molar-refractivity contribution in [2.45, 2.75) is 6.82 Å². The van der Waals surface area contributed by atoms with E-state index in [1.54, 1.807) is 6.07 Å². The van der Waals surface area contributed by atoms with Crippen LogP contribution in [0.15, 0.2) is 18.3 Å². The summed E-state index contributed by atoms with van der Waals surface area (Å²) in [6, 6.07) is 3.46. The van der Waals surface area contributed by atoms with E-state index in [-0.39, 0.29) is 5.75 Å². The number of pyridine rings is 1. The molecule has 1 heterocycles. The Bertz CT molecular complexity index is 185. The zero-order chi connectivity index (χ0) is 6.69. The summed E-state index contributed by atoms with van der Waals surface area (Å²) in [5.74, 6) is 0.229. The first-order valence-electron chi connectivity index (χ1n) is 2.97. The minimum atomic E-state index is 0.229. The van der Waals surface area contributed by atoms with Crippen LogP contribution < -0.4 is 5.59 Å². The van der Waals surface area contributed by atoms with Gasteiger partial charge >= 0.3 is 0 Å². The molecule has 1 aromatic rings. The molecule has 1 rings (SSSR count). The van der Waals surface area contributed by atoms with E-state index in [1.165, 1.54) is 6.20 Å². The highest BCUT2D eigenvalue weighted by atomic mass is 16.3. The van der Waals surface area contributed by atoms with Gasteiger partial charge in [0.2, 0.25) is 0 Å². The van der Waals surface area contributed by atoms with Crippen molar-refractivity contribution < 1.29 is 5.11 Å². The van der Waals surface area contributed by atoms with E-state index < -0.39 is 0 Å². The number of nitrogens with zero attached hydrogens (tertiary/aromatic N) is 1. The molecule has 0 saturated heterocycles. The Morgan fingerprint density at radius 3 is 2.78 bits per heavy atom. The summed E-state index contributed by atoms with van der Waals surface area (Å²) in [7, 11) is 0.917. The number of hydrogen-bond acceptors (Lipinski definition) is 2. The van der Waals surface area contributed by atoms with E-state index >= 15 is 0 Å². The van der Waals surface area contributed by atoms with Gasteiger partial charge in [0.25, 0.3) is 0 Å². The molecule has 2 nitrogen and oxygen atoms in total. The average molecular weight is 121 g/mol. The molecule has 0 atom stereocenters. The molecule has 9 heavy (non-hydrogen) atoms. The zero-order valence-corrected chi connectivity index (χ0v) is 5.33. The molecule has 0 saturated carbocycles. The molecule has 0 aliphatic carbocycles. The fraction of sp³-hybridized carbons (Fsp3) is 0.167.